The van der Waals surface area contributed by atoms with Crippen LogP contribution in [-0.2, 0) is 18.4 Å². The van der Waals surface area contributed by atoms with E-state index >= 15 is 0 Å². The Balaban J connectivity index is 3.01. The summed E-state index contributed by atoms with van der Waals surface area (Å²) < 4.78 is 21.4. The van der Waals surface area contributed by atoms with Gasteiger partial charge in [-0.15, -0.1) is 0 Å². The Morgan fingerprint density at radius 2 is 1.83 bits per heavy atom. The third kappa shape index (κ3) is 4.11. The van der Waals surface area contributed by atoms with Crippen molar-refractivity contribution in [1.82, 2.24) is 0 Å². The van der Waals surface area contributed by atoms with Crippen LogP contribution in [0.2, 0.25) is 0 Å². The zero-order valence-corrected chi connectivity index (χ0v) is 11.1. The Morgan fingerprint density at radius 1 is 1.28 bits per heavy atom. The molecule has 0 bridgehead atoms. The number of carbonyl (C=O) groups is 1. The predicted molar refractivity (Wildman–Crippen MR) is 68.5 cm³/mol. The van der Waals surface area contributed by atoms with Crippen LogP contribution in [0.3, 0.4) is 0 Å². The van der Waals surface area contributed by atoms with E-state index in [4.69, 9.17) is 14.2 Å². The highest BCUT2D eigenvalue weighted by Crippen LogP contribution is 2.48. The zero-order valence-electron chi connectivity index (χ0n) is 10.2. The standard InChI is InChI=1S/C12H15O5P/c1-16-18(15,17-2)9-11(12(13)14)8-10-6-4-3-5-7-10/h3-8H,9H2,1-2H3,(H,13,14). The first-order valence-corrected chi connectivity index (χ1v) is 6.93. The van der Waals surface area contributed by atoms with Gasteiger partial charge in [-0.25, -0.2) is 4.79 Å². The van der Waals surface area contributed by atoms with E-state index in [9.17, 15) is 9.36 Å². The maximum Gasteiger partial charge on any atom is 0.334 e. The molecule has 0 aliphatic heterocycles. The molecule has 0 heterocycles. The van der Waals surface area contributed by atoms with Gasteiger partial charge in [0.1, 0.15) is 0 Å². The van der Waals surface area contributed by atoms with Crippen LogP contribution in [0.5, 0.6) is 0 Å². The normalized spacial score (nSPS) is 12.4. The predicted octanol–water partition coefficient (Wildman–Crippen LogP) is 2.64. The van der Waals surface area contributed by atoms with Crippen molar-refractivity contribution in [3.63, 3.8) is 0 Å². The molecular formula is C12H15O5P. The molecule has 1 N–H and O–H groups in total. The fourth-order valence-corrected chi connectivity index (χ4v) is 2.39. The average molecular weight is 270 g/mol. The summed E-state index contributed by atoms with van der Waals surface area (Å²) in [6.45, 7) is 0. The number of hydrogen-bond donors (Lipinski definition) is 1. The number of rotatable bonds is 6. The minimum absolute atomic E-state index is 0.0202. The summed E-state index contributed by atoms with van der Waals surface area (Å²) >= 11 is 0. The summed E-state index contributed by atoms with van der Waals surface area (Å²) in [7, 11) is -0.920. The minimum atomic E-state index is -3.38. The highest BCUT2D eigenvalue weighted by atomic mass is 31.2. The number of carboxylic acid groups (broad SMARTS) is 1. The van der Waals surface area contributed by atoms with Crippen molar-refractivity contribution >= 4 is 19.6 Å². The second-order valence-electron chi connectivity index (χ2n) is 3.52. The summed E-state index contributed by atoms with van der Waals surface area (Å²) in [6, 6.07) is 8.92. The summed E-state index contributed by atoms with van der Waals surface area (Å²) in [5, 5.41) is 9.09. The van der Waals surface area contributed by atoms with Crippen molar-refractivity contribution < 1.29 is 23.5 Å². The fourth-order valence-electron chi connectivity index (χ4n) is 1.34. The van der Waals surface area contributed by atoms with Crippen LogP contribution in [0.15, 0.2) is 35.9 Å². The smallest absolute Gasteiger partial charge is 0.334 e. The highest BCUT2D eigenvalue weighted by Gasteiger charge is 2.26. The molecule has 1 rings (SSSR count). The quantitative estimate of drug-likeness (QED) is 0.635. The maximum absolute atomic E-state index is 11.9. The van der Waals surface area contributed by atoms with Crippen molar-refractivity contribution in [3.05, 3.63) is 41.5 Å². The molecule has 0 aromatic heterocycles. The molecule has 0 saturated carbocycles. The van der Waals surface area contributed by atoms with Gasteiger partial charge in [-0.05, 0) is 11.6 Å². The minimum Gasteiger partial charge on any atom is -0.478 e. The molecule has 0 aliphatic carbocycles. The second-order valence-corrected chi connectivity index (χ2v) is 5.79. The van der Waals surface area contributed by atoms with Gasteiger partial charge in [-0.1, -0.05) is 30.3 Å². The van der Waals surface area contributed by atoms with Crippen LogP contribution in [-0.4, -0.2) is 31.5 Å². The monoisotopic (exact) mass is 270 g/mol. The molecule has 1 aromatic carbocycles. The Bertz CT molecular complexity index is 473. The van der Waals surface area contributed by atoms with Crippen molar-refractivity contribution in [3.8, 4) is 0 Å². The maximum atomic E-state index is 11.9. The first-order chi connectivity index (χ1) is 8.50. The molecular weight excluding hydrogens is 255 g/mol. The third-order valence-electron chi connectivity index (χ3n) is 2.34. The fraction of sp³-hybridized carbons (Fsp3) is 0.250. The number of hydrogen-bond acceptors (Lipinski definition) is 4. The Labute approximate surface area is 106 Å². The number of carboxylic acids is 1. The lowest BCUT2D eigenvalue weighted by molar-refractivity contribution is -0.132. The van der Waals surface area contributed by atoms with E-state index in [0.717, 1.165) is 0 Å². The summed E-state index contributed by atoms with van der Waals surface area (Å²) in [4.78, 5) is 11.1. The lowest BCUT2D eigenvalue weighted by Crippen LogP contribution is -2.07. The van der Waals surface area contributed by atoms with Crippen molar-refractivity contribution in [2.45, 2.75) is 0 Å². The molecule has 5 nitrogen and oxygen atoms in total. The van der Waals surface area contributed by atoms with Crippen LogP contribution in [0.1, 0.15) is 5.56 Å². The van der Waals surface area contributed by atoms with Crippen molar-refractivity contribution in [1.29, 1.82) is 0 Å². The van der Waals surface area contributed by atoms with Crippen LogP contribution < -0.4 is 0 Å². The van der Waals surface area contributed by atoms with E-state index in [1.807, 2.05) is 6.07 Å². The van der Waals surface area contributed by atoms with Gasteiger partial charge in [0.05, 0.1) is 6.16 Å². The van der Waals surface area contributed by atoms with E-state index < -0.39 is 13.6 Å². The SMILES string of the molecule is COP(=O)(CC(=Cc1ccccc1)C(=O)O)OC. The molecule has 0 aliphatic rings. The van der Waals surface area contributed by atoms with E-state index in [0.29, 0.717) is 5.56 Å². The number of aliphatic carboxylic acids is 1. The summed E-state index contributed by atoms with van der Waals surface area (Å²) in [5.41, 5.74) is 0.696. The average Bonchev–Trinajstić information content (AvgIpc) is 2.39. The molecule has 0 amide bonds. The zero-order chi connectivity index (χ0) is 13.6. The lowest BCUT2D eigenvalue weighted by Gasteiger charge is -2.13. The largest absolute Gasteiger partial charge is 0.478 e. The molecule has 0 spiro atoms. The van der Waals surface area contributed by atoms with E-state index in [-0.39, 0.29) is 11.7 Å². The van der Waals surface area contributed by atoms with E-state index in [1.165, 1.54) is 20.3 Å². The van der Waals surface area contributed by atoms with Crippen LogP contribution in [0.25, 0.3) is 6.08 Å². The molecule has 98 valence electrons. The summed E-state index contributed by atoms with van der Waals surface area (Å²) in [6.07, 6.45) is 1.18. The van der Waals surface area contributed by atoms with Gasteiger partial charge in [0.25, 0.3) is 0 Å². The number of benzene rings is 1. The van der Waals surface area contributed by atoms with Crippen LogP contribution in [0, 0.1) is 0 Å². The Kier molecular flexibility index (Phi) is 5.28. The molecule has 6 heteroatoms. The molecule has 0 unspecified atom stereocenters. The Morgan fingerprint density at radius 3 is 2.28 bits per heavy atom. The Hall–Kier alpha value is -1.42. The van der Waals surface area contributed by atoms with Crippen molar-refractivity contribution in [2.24, 2.45) is 0 Å². The van der Waals surface area contributed by atoms with Gasteiger partial charge in [0.15, 0.2) is 0 Å². The molecule has 0 saturated heterocycles. The van der Waals surface area contributed by atoms with Crippen LogP contribution >= 0.6 is 7.60 Å². The van der Waals surface area contributed by atoms with Gasteiger partial charge in [0, 0.05) is 19.8 Å². The summed E-state index contributed by atoms with van der Waals surface area (Å²) in [5.74, 6) is -1.15. The van der Waals surface area contributed by atoms with Crippen LogP contribution in [0.4, 0.5) is 0 Å². The van der Waals surface area contributed by atoms with Gasteiger partial charge in [-0.2, -0.15) is 0 Å². The second kappa shape index (κ2) is 6.50. The lowest BCUT2D eigenvalue weighted by atomic mass is 10.1. The topological polar surface area (TPSA) is 72.8 Å². The van der Waals surface area contributed by atoms with Gasteiger partial charge >= 0.3 is 13.6 Å². The molecule has 0 radical (unpaired) electrons. The van der Waals surface area contributed by atoms with Gasteiger partial charge in [-0.3, -0.25) is 4.57 Å². The highest BCUT2D eigenvalue weighted by molar-refractivity contribution is 7.54. The first kappa shape index (κ1) is 14.6. The molecule has 0 fully saturated rings. The van der Waals surface area contributed by atoms with E-state index in [2.05, 4.69) is 0 Å². The first-order valence-electron chi connectivity index (χ1n) is 5.20. The molecule has 0 atom stereocenters. The molecule has 18 heavy (non-hydrogen) atoms. The third-order valence-corrected chi connectivity index (χ3v) is 4.18. The van der Waals surface area contributed by atoms with Crippen molar-refractivity contribution in [2.75, 3.05) is 20.4 Å². The van der Waals surface area contributed by atoms with Gasteiger partial charge in [0.2, 0.25) is 0 Å². The van der Waals surface area contributed by atoms with Gasteiger partial charge < -0.3 is 14.2 Å². The molecule has 1 aromatic rings. The van der Waals surface area contributed by atoms with E-state index in [1.54, 1.807) is 24.3 Å².